The van der Waals surface area contributed by atoms with E-state index in [0.29, 0.717) is 28.8 Å². The molecule has 5 rings (SSSR count). The molecule has 3 aromatic heterocycles. The SMILES string of the molecule is COc1cc(-c2nnc(Nc3nc(N4CCC[C@H]4CO)c4cccn4n3)o2)cc(OC)c1OC. The molecule has 1 atom stereocenters. The highest BCUT2D eigenvalue weighted by atomic mass is 16.5. The van der Waals surface area contributed by atoms with Crippen LogP contribution >= 0.6 is 0 Å². The van der Waals surface area contributed by atoms with Gasteiger partial charge in [-0.1, -0.05) is 5.10 Å². The van der Waals surface area contributed by atoms with E-state index < -0.39 is 0 Å². The van der Waals surface area contributed by atoms with Crippen LogP contribution in [0.3, 0.4) is 0 Å². The van der Waals surface area contributed by atoms with Crippen LogP contribution in [0.4, 0.5) is 17.8 Å². The molecule has 12 heteroatoms. The molecule has 0 bridgehead atoms. The van der Waals surface area contributed by atoms with Crippen LogP contribution in [0.15, 0.2) is 34.9 Å². The minimum atomic E-state index is 0.0245. The topological polar surface area (TPSA) is 132 Å². The van der Waals surface area contributed by atoms with Crippen LogP contribution < -0.4 is 24.4 Å². The van der Waals surface area contributed by atoms with Gasteiger partial charge >= 0.3 is 6.01 Å². The molecule has 1 aromatic carbocycles. The average Bonchev–Trinajstić information content (AvgIpc) is 3.63. The molecule has 34 heavy (non-hydrogen) atoms. The number of aliphatic hydroxyl groups is 1. The predicted octanol–water partition coefficient (Wildman–Crippen LogP) is 2.51. The Kier molecular flexibility index (Phi) is 5.80. The van der Waals surface area contributed by atoms with Gasteiger partial charge in [0, 0.05) is 18.3 Å². The summed E-state index contributed by atoms with van der Waals surface area (Å²) >= 11 is 0. The summed E-state index contributed by atoms with van der Waals surface area (Å²) in [6.45, 7) is 0.885. The molecule has 1 saturated heterocycles. The Balaban J connectivity index is 1.46. The summed E-state index contributed by atoms with van der Waals surface area (Å²) in [6, 6.07) is 7.44. The van der Waals surface area contributed by atoms with Crippen LogP contribution in [0, 0.1) is 0 Å². The quantitative estimate of drug-likeness (QED) is 0.396. The van der Waals surface area contributed by atoms with Crippen molar-refractivity contribution in [1.82, 2.24) is 24.8 Å². The molecule has 4 heterocycles. The summed E-state index contributed by atoms with van der Waals surface area (Å²) in [5, 5.41) is 25.5. The predicted molar refractivity (Wildman–Crippen MR) is 123 cm³/mol. The zero-order valence-corrected chi connectivity index (χ0v) is 19.1. The second kappa shape index (κ2) is 9.06. The molecule has 2 N–H and O–H groups in total. The van der Waals surface area contributed by atoms with E-state index in [1.807, 2.05) is 18.3 Å². The zero-order valence-electron chi connectivity index (χ0n) is 19.1. The number of hydrogen-bond acceptors (Lipinski definition) is 11. The molecule has 0 unspecified atom stereocenters. The van der Waals surface area contributed by atoms with Crippen LogP contribution in [-0.2, 0) is 0 Å². The second-order valence-electron chi connectivity index (χ2n) is 7.72. The van der Waals surface area contributed by atoms with Gasteiger partial charge in [0.15, 0.2) is 17.3 Å². The first kappa shape index (κ1) is 21.8. The molecule has 4 aromatic rings. The van der Waals surface area contributed by atoms with Crippen LogP contribution in [0.2, 0.25) is 0 Å². The molecule has 0 aliphatic carbocycles. The first-order valence-electron chi connectivity index (χ1n) is 10.8. The Hall–Kier alpha value is -4.06. The lowest BCUT2D eigenvalue weighted by molar-refractivity contribution is 0.266. The maximum Gasteiger partial charge on any atom is 0.322 e. The van der Waals surface area contributed by atoms with Gasteiger partial charge in [-0.2, -0.15) is 4.98 Å². The maximum absolute atomic E-state index is 9.78. The van der Waals surface area contributed by atoms with Gasteiger partial charge in [0.25, 0.3) is 5.95 Å². The average molecular weight is 467 g/mol. The number of benzene rings is 1. The highest BCUT2D eigenvalue weighted by molar-refractivity contribution is 5.71. The van der Waals surface area contributed by atoms with Crippen molar-refractivity contribution in [1.29, 1.82) is 0 Å². The van der Waals surface area contributed by atoms with Crippen molar-refractivity contribution in [2.75, 3.05) is 44.7 Å². The van der Waals surface area contributed by atoms with Crippen molar-refractivity contribution in [3.05, 3.63) is 30.5 Å². The smallest absolute Gasteiger partial charge is 0.322 e. The van der Waals surface area contributed by atoms with E-state index in [4.69, 9.17) is 23.6 Å². The fourth-order valence-corrected chi connectivity index (χ4v) is 4.18. The fraction of sp³-hybridized carbons (Fsp3) is 0.364. The molecule has 0 spiro atoms. The third kappa shape index (κ3) is 3.81. The fourth-order valence-electron chi connectivity index (χ4n) is 4.18. The molecule has 178 valence electrons. The van der Waals surface area contributed by atoms with E-state index in [9.17, 15) is 5.11 Å². The number of fused-ring (bicyclic) bond motifs is 1. The van der Waals surface area contributed by atoms with Gasteiger partial charge in [-0.15, -0.1) is 10.2 Å². The first-order valence-corrected chi connectivity index (χ1v) is 10.8. The van der Waals surface area contributed by atoms with E-state index in [-0.39, 0.29) is 24.6 Å². The summed E-state index contributed by atoms with van der Waals surface area (Å²) in [4.78, 5) is 6.80. The van der Waals surface area contributed by atoms with Gasteiger partial charge in [0.05, 0.1) is 34.0 Å². The molecule has 1 fully saturated rings. The normalized spacial score (nSPS) is 15.6. The Morgan fingerprint density at radius 2 is 1.94 bits per heavy atom. The van der Waals surface area contributed by atoms with E-state index >= 15 is 0 Å². The molecular formula is C22H25N7O5. The minimum Gasteiger partial charge on any atom is -0.493 e. The number of nitrogens with zero attached hydrogens (tertiary/aromatic N) is 6. The van der Waals surface area contributed by atoms with E-state index in [0.717, 1.165) is 30.7 Å². The first-order chi connectivity index (χ1) is 16.6. The van der Waals surface area contributed by atoms with Crippen molar-refractivity contribution in [3.63, 3.8) is 0 Å². The van der Waals surface area contributed by atoms with Crippen molar-refractivity contribution in [2.24, 2.45) is 0 Å². The van der Waals surface area contributed by atoms with Crippen LogP contribution in [-0.4, -0.2) is 70.4 Å². The second-order valence-corrected chi connectivity index (χ2v) is 7.72. The standard InChI is InChI=1S/C22H25N7O5/c1-31-16-10-13(11-17(32-2)18(16)33-3)20-25-26-22(34-20)24-21-23-19(15-7-5-9-29(15)27-21)28-8-4-6-14(28)12-30/h5,7,9-11,14,30H,4,6,8,12H2,1-3H3,(H,24,26,27)/t14-/m0/s1. The van der Waals surface area contributed by atoms with Gasteiger partial charge in [-0.25, -0.2) is 4.52 Å². The Bertz CT molecular complexity index is 1280. The number of aliphatic hydroxyl groups excluding tert-OH is 1. The number of methoxy groups -OCH3 is 3. The van der Waals surface area contributed by atoms with E-state index in [1.165, 1.54) is 21.3 Å². The maximum atomic E-state index is 9.78. The zero-order chi connectivity index (χ0) is 23.7. The Morgan fingerprint density at radius 3 is 2.65 bits per heavy atom. The van der Waals surface area contributed by atoms with Crippen molar-refractivity contribution >= 4 is 23.3 Å². The highest BCUT2D eigenvalue weighted by Gasteiger charge is 2.27. The molecule has 1 aliphatic heterocycles. The summed E-state index contributed by atoms with van der Waals surface area (Å²) in [6.07, 6.45) is 3.75. The molecule has 0 radical (unpaired) electrons. The van der Waals surface area contributed by atoms with Gasteiger partial charge < -0.3 is 28.6 Å². The monoisotopic (exact) mass is 467 g/mol. The van der Waals surface area contributed by atoms with Gasteiger partial charge in [-0.3, -0.25) is 5.32 Å². The van der Waals surface area contributed by atoms with Gasteiger partial charge in [0.1, 0.15) is 5.52 Å². The van der Waals surface area contributed by atoms with Gasteiger partial charge in [-0.05, 0) is 37.1 Å². The van der Waals surface area contributed by atoms with Crippen molar-refractivity contribution < 1.29 is 23.7 Å². The summed E-state index contributed by atoms with van der Waals surface area (Å²) in [5.41, 5.74) is 1.45. The van der Waals surface area contributed by atoms with E-state index in [2.05, 4.69) is 25.5 Å². The lowest BCUT2D eigenvalue weighted by Crippen LogP contribution is -2.33. The van der Waals surface area contributed by atoms with Gasteiger partial charge in [0.2, 0.25) is 11.6 Å². The summed E-state index contributed by atoms with van der Waals surface area (Å²) < 4.78 is 23.7. The Morgan fingerprint density at radius 1 is 1.15 bits per heavy atom. The minimum absolute atomic E-state index is 0.0245. The van der Waals surface area contributed by atoms with Crippen LogP contribution in [0.25, 0.3) is 17.0 Å². The lowest BCUT2D eigenvalue weighted by Gasteiger charge is -2.25. The Labute approximate surface area is 195 Å². The molecular weight excluding hydrogens is 442 g/mol. The number of nitrogens with one attached hydrogen (secondary N) is 1. The lowest BCUT2D eigenvalue weighted by atomic mass is 10.2. The number of rotatable bonds is 8. The third-order valence-corrected chi connectivity index (χ3v) is 5.79. The highest BCUT2D eigenvalue weighted by Crippen LogP contribution is 2.41. The van der Waals surface area contributed by atoms with E-state index in [1.54, 1.807) is 16.6 Å². The summed E-state index contributed by atoms with van der Waals surface area (Å²) in [7, 11) is 4.61. The van der Waals surface area contributed by atoms with Crippen molar-refractivity contribution in [2.45, 2.75) is 18.9 Å². The van der Waals surface area contributed by atoms with Crippen molar-refractivity contribution in [3.8, 4) is 28.7 Å². The van der Waals surface area contributed by atoms with Crippen LogP contribution in [0.1, 0.15) is 12.8 Å². The molecule has 0 amide bonds. The third-order valence-electron chi connectivity index (χ3n) is 5.79. The molecule has 12 nitrogen and oxygen atoms in total. The largest absolute Gasteiger partial charge is 0.493 e. The molecule has 1 aliphatic rings. The molecule has 0 saturated carbocycles. The number of hydrogen-bond donors (Lipinski definition) is 2. The number of ether oxygens (including phenoxy) is 3. The van der Waals surface area contributed by atoms with Crippen LogP contribution in [0.5, 0.6) is 17.2 Å². The number of aromatic nitrogens is 5. The summed E-state index contributed by atoms with van der Waals surface area (Å²) in [5.74, 6) is 2.70. The number of anilines is 3.